The number of fused-ring (bicyclic) bond motifs is 2. The van der Waals surface area contributed by atoms with Crippen LogP contribution in [0.15, 0.2) is 24.4 Å². The molecule has 2 atom stereocenters. The Labute approximate surface area is 94.6 Å². The number of nitrogens with one attached hydrogen (secondary N) is 1. The van der Waals surface area contributed by atoms with Crippen LogP contribution in [-0.4, -0.2) is 17.1 Å². The molecule has 2 nitrogen and oxygen atoms in total. The SMILES string of the molecule is Fc1ccc(C2=CCC[C@@H]3CC[C@H]2N3)cn1. The van der Waals surface area contributed by atoms with Crippen molar-refractivity contribution in [3.63, 3.8) is 0 Å². The van der Waals surface area contributed by atoms with Crippen LogP contribution in [0.5, 0.6) is 0 Å². The second-order valence-electron chi connectivity index (χ2n) is 4.60. The highest BCUT2D eigenvalue weighted by atomic mass is 19.1. The summed E-state index contributed by atoms with van der Waals surface area (Å²) in [6.45, 7) is 0. The topological polar surface area (TPSA) is 24.9 Å². The van der Waals surface area contributed by atoms with Gasteiger partial charge in [0.15, 0.2) is 0 Å². The summed E-state index contributed by atoms with van der Waals surface area (Å²) >= 11 is 0. The van der Waals surface area contributed by atoms with Crippen molar-refractivity contribution in [1.82, 2.24) is 10.3 Å². The molecule has 0 unspecified atom stereocenters. The van der Waals surface area contributed by atoms with Gasteiger partial charge in [-0.3, -0.25) is 0 Å². The Morgan fingerprint density at radius 3 is 3.00 bits per heavy atom. The molecule has 3 heterocycles. The summed E-state index contributed by atoms with van der Waals surface area (Å²) in [6.07, 6.45) is 8.70. The molecule has 16 heavy (non-hydrogen) atoms. The number of allylic oxidation sites excluding steroid dienone is 1. The molecule has 0 amide bonds. The maximum absolute atomic E-state index is 12.8. The fourth-order valence-corrected chi connectivity index (χ4v) is 2.74. The maximum Gasteiger partial charge on any atom is 0.212 e. The first kappa shape index (κ1) is 9.97. The fraction of sp³-hybridized carbons (Fsp3) is 0.462. The van der Waals surface area contributed by atoms with Crippen LogP contribution in [0.4, 0.5) is 4.39 Å². The first-order chi connectivity index (χ1) is 7.83. The number of nitrogens with zero attached hydrogens (tertiary/aromatic N) is 1. The van der Waals surface area contributed by atoms with Gasteiger partial charge in [0, 0.05) is 18.3 Å². The molecule has 2 bridgehead atoms. The van der Waals surface area contributed by atoms with Crippen molar-refractivity contribution in [2.24, 2.45) is 0 Å². The van der Waals surface area contributed by atoms with Gasteiger partial charge in [-0.05, 0) is 49.0 Å². The second kappa shape index (κ2) is 3.98. The second-order valence-corrected chi connectivity index (χ2v) is 4.60. The molecule has 2 aliphatic heterocycles. The zero-order valence-electron chi connectivity index (χ0n) is 9.12. The molecular formula is C13H15FN2. The van der Waals surface area contributed by atoms with Gasteiger partial charge in [0.25, 0.3) is 0 Å². The lowest BCUT2D eigenvalue weighted by Gasteiger charge is -2.14. The highest BCUT2D eigenvalue weighted by molar-refractivity contribution is 5.69. The zero-order valence-corrected chi connectivity index (χ0v) is 9.12. The number of rotatable bonds is 1. The molecule has 1 fully saturated rings. The van der Waals surface area contributed by atoms with E-state index in [1.165, 1.54) is 30.9 Å². The van der Waals surface area contributed by atoms with Crippen molar-refractivity contribution < 1.29 is 4.39 Å². The van der Waals surface area contributed by atoms with Crippen LogP contribution in [0.1, 0.15) is 31.2 Å². The summed E-state index contributed by atoms with van der Waals surface area (Å²) in [4.78, 5) is 3.73. The van der Waals surface area contributed by atoms with Crippen molar-refractivity contribution in [2.75, 3.05) is 0 Å². The normalized spacial score (nSPS) is 28.7. The van der Waals surface area contributed by atoms with Crippen LogP contribution in [0.2, 0.25) is 0 Å². The van der Waals surface area contributed by atoms with E-state index < -0.39 is 5.95 Å². The third kappa shape index (κ3) is 1.76. The molecule has 0 saturated carbocycles. The monoisotopic (exact) mass is 218 g/mol. The summed E-state index contributed by atoms with van der Waals surface area (Å²) in [5.74, 6) is -0.407. The van der Waals surface area contributed by atoms with E-state index in [1.807, 2.05) is 6.07 Å². The Morgan fingerprint density at radius 2 is 2.19 bits per heavy atom. The van der Waals surface area contributed by atoms with Crippen LogP contribution in [0, 0.1) is 5.95 Å². The molecule has 1 saturated heterocycles. The van der Waals surface area contributed by atoms with Crippen LogP contribution in [0.3, 0.4) is 0 Å². The van der Waals surface area contributed by atoms with Crippen molar-refractivity contribution in [3.05, 3.63) is 35.9 Å². The van der Waals surface area contributed by atoms with E-state index in [9.17, 15) is 4.39 Å². The average Bonchev–Trinajstić information content (AvgIpc) is 2.63. The van der Waals surface area contributed by atoms with Gasteiger partial charge in [-0.2, -0.15) is 4.39 Å². The lowest BCUT2D eigenvalue weighted by Crippen LogP contribution is -2.28. The van der Waals surface area contributed by atoms with Crippen LogP contribution in [-0.2, 0) is 0 Å². The number of hydrogen-bond acceptors (Lipinski definition) is 2. The predicted molar refractivity (Wildman–Crippen MR) is 61.4 cm³/mol. The van der Waals surface area contributed by atoms with E-state index in [4.69, 9.17) is 0 Å². The third-order valence-electron chi connectivity index (χ3n) is 3.56. The van der Waals surface area contributed by atoms with E-state index in [2.05, 4.69) is 16.4 Å². The maximum atomic E-state index is 12.8. The molecule has 0 aromatic carbocycles. The van der Waals surface area contributed by atoms with Gasteiger partial charge in [-0.1, -0.05) is 6.08 Å². The number of hydrogen-bond donors (Lipinski definition) is 1. The highest BCUT2D eigenvalue weighted by Crippen LogP contribution is 2.31. The van der Waals surface area contributed by atoms with Crippen molar-refractivity contribution in [1.29, 1.82) is 0 Å². The van der Waals surface area contributed by atoms with Crippen molar-refractivity contribution in [3.8, 4) is 0 Å². The van der Waals surface area contributed by atoms with Gasteiger partial charge in [0.05, 0.1) is 0 Å². The molecule has 1 aromatic heterocycles. The van der Waals surface area contributed by atoms with Gasteiger partial charge in [0.2, 0.25) is 5.95 Å². The summed E-state index contributed by atoms with van der Waals surface area (Å²) in [5, 5.41) is 3.63. The Bertz CT molecular complexity index is 410. The molecule has 1 aromatic rings. The first-order valence-corrected chi connectivity index (χ1v) is 5.91. The largest absolute Gasteiger partial charge is 0.307 e. The first-order valence-electron chi connectivity index (χ1n) is 5.91. The predicted octanol–water partition coefficient (Wildman–Crippen LogP) is 2.52. The van der Waals surface area contributed by atoms with E-state index in [0.29, 0.717) is 12.1 Å². The third-order valence-corrected chi connectivity index (χ3v) is 3.56. The van der Waals surface area contributed by atoms with Crippen molar-refractivity contribution in [2.45, 2.75) is 37.8 Å². The lowest BCUT2D eigenvalue weighted by molar-refractivity contribution is 0.559. The number of halogens is 1. The molecule has 0 radical (unpaired) electrons. The molecule has 1 N–H and O–H groups in total. The van der Waals surface area contributed by atoms with E-state index in [1.54, 1.807) is 6.20 Å². The van der Waals surface area contributed by atoms with E-state index in [0.717, 1.165) is 12.0 Å². The number of pyridine rings is 1. The molecule has 0 spiro atoms. The summed E-state index contributed by atoms with van der Waals surface area (Å²) < 4.78 is 12.8. The number of aromatic nitrogens is 1. The van der Waals surface area contributed by atoms with E-state index in [-0.39, 0.29) is 0 Å². The minimum Gasteiger partial charge on any atom is -0.307 e. The standard InChI is InChI=1S/C13H15FN2/c14-13-7-4-9(8-15-13)11-3-1-2-10-5-6-12(11)16-10/h3-4,7-8,10,12,16H,1-2,5-6H2/t10-,12-/m1/s1. The zero-order chi connectivity index (χ0) is 11.0. The molecule has 0 aliphatic carbocycles. The fourth-order valence-electron chi connectivity index (χ4n) is 2.74. The molecular weight excluding hydrogens is 203 g/mol. The minimum atomic E-state index is -0.407. The van der Waals surface area contributed by atoms with Gasteiger partial charge >= 0.3 is 0 Å². The summed E-state index contributed by atoms with van der Waals surface area (Å²) in [5.41, 5.74) is 2.36. The average molecular weight is 218 g/mol. The lowest BCUT2D eigenvalue weighted by atomic mass is 9.95. The van der Waals surface area contributed by atoms with Gasteiger partial charge in [0.1, 0.15) is 0 Å². The Morgan fingerprint density at radius 1 is 1.25 bits per heavy atom. The molecule has 3 heteroatoms. The van der Waals surface area contributed by atoms with Crippen LogP contribution < -0.4 is 5.32 Å². The summed E-state index contributed by atoms with van der Waals surface area (Å²) in [7, 11) is 0. The molecule has 3 rings (SSSR count). The van der Waals surface area contributed by atoms with Gasteiger partial charge in [-0.25, -0.2) is 4.98 Å². The van der Waals surface area contributed by atoms with E-state index >= 15 is 0 Å². The molecule has 84 valence electrons. The highest BCUT2D eigenvalue weighted by Gasteiger charge is 2.28. The van der Waals surface area contributed by atoms with Crippen LogP contribution >= 0.6 is 0 Å². The Balaban J connectivity index is 1.92. The van der Waals surface area contributed by atoms with Gasteiger partial charge < -0.3 is 5.32 Å². The smallest absolute Gasteiger partial charge is 0.212 e. The minimum absolute atomic E-state index is 0.407. The summed E-state index contributed by atoms with van der Waals surface area (Å²) in [6, 6.07) is 4.38. The quantitative estimate of drug-likeness (QED) is 0.733. The Hall–Kier alpha value is -1.22. The molecule has 2 aliphatic rings. The van der Waals surface area contributed by atoms with Gasteiger partial charge in [-0.15, -0.1) is 0 Å². The van der Waals surface area contributed by atoms with Crippen LogP contribution in [0.25, 0.3) is 5.57 Å². The van der Waals surface area contributed by atoms with Crippen molar-refractivity contribution >= 4 is 5.57 Å². The Kier molecular flexibility index (Phi) is 2.48.